The van der Waals surface area contributed by atoms with E-state index in [0.29, 0.717) is 6.04 Å². The Balaban J connectivity index is 1.67. The number of hydrogen-bond donors (Lipinski definition) is 2. The van der Waals surface area contributed by atoms with Gasteiger partial charge in [-0.15, -0.1) is 6.58 Å². The molecule has 2 N–H and O–H groups in total. The van der Waals surface area contributed by atoms with Gasteiger partial charge in [0.1, 0.15) is 0 Å². The van der Waals surface area contributed by atoms with Gasteiger partial charge in [-0.2, -0.15) is 0 Å². The molecular weight excluding hydrogens is 198 g/mol. The van der Waals surface area contributed by atoms with Gasteiger partial charge < -0.3 is 10.3 Å². The van der Waals surface area contributed by atoms with Gasteiger partial charge in [-0.1, -0.05) is 6.08 Å². The van der Waals surface area contributed by atoms with Gasteiger partial charge in [0.25, 0.3) is 0 Å². The molecule has 1 saturated heterocycles. The Labute approximate surface area is 97.5 Å². The minimum atomic E-state index is 0.677. The average molecular weight is 219 g/mol. The summed E-state index contributed by atoms with van der Waals surface area (Å²) in [4.78, 5) is 5.54. The van der Waals surface area contributed by atoms with Gasteiger partial charge in [0.05, 0.1) is 0 Å². The smallest absolute Gasteiger partial charge is 0.0223 e. The monoisotopic (exact) mass is 219 g/mol. The lowest BCUT2D eigenvalue weighted by Gasteiger charge is -2.31. The van der Waals surface area contributed by atoms with E-state index in [1.165, 1.54) is 31.5 Å². The summed E-state index contributed by atoms with van der Waals surface area (Å²) in [5.74, 6) is 0. The fourth-order valence-corrected chi connectivity index (χ4v) is 2.23. The first-order valence-electron chi connectivity index (χ1n) is 6.07. The summed E-state index contributed by atoms with van der Waals surface area (Å²) < 4.78 is 0. The highest BCUT2D eigenvalue weighted by molar-refractivity contribution is 5.07. The standard InChI is InChI=1S/C13H21N3/c1-2-7-16-8-4-13(5-9-16)15-11-12-3-6-14-10-12/h2-3,6,10,13-15H,1,4-5,7-9,11H2. The Morgan fingerprint density at radius 2 is 2.31 bits per heavy atom. The molecule has 2 heterocycles. The molecule has 16 heavy (non-hydrogen) atoms. The zero-order valence-electron chi connectivity index (χ0n) is 9.78. The van der Waals surface area contributed by atoms with Crippen molar-refractivity contribution in [2.24, 2.45) is 0 Å². The molecule has 88 valence electrons. The number of H-pyrrole nitrogens is 1. The van der Waals surface area contributed by atoms with Crippen molar-refractivity contribution in [3.8, 4) is 0 Å². The third-order valence-electron chi connectivity index (χ3n) is 3.23. The van der Waals surface area contributed by atoms with Crippen LogP contribution in [0, 0.1) is 0 Å². The summed E-state index contributed by atoms with van der Waals surface area (Å²) in [5.41, 5.74) is 1.34. The molecular formula is C13H21N3. The highest BCUT2D eigenvalue weighted by atomic mass is 15.1. The predicted octanol–water partition coefficient (Wildman–Crippen LogP) is 1.75. The van der Waals surface area contributed by atoms with Crippen LogP contribution in [0.1, 0.15) is 18.4 Å². The van der Waals surface area contributed by atoms with Crippen molar-refractivity contribution in [2.75, 3.05) is 19.6 Å². The zero-order chi connectivity index (χ0) is 11.2. The molecule has 0 radical (unpaired) electrons. The lowest BCUT2D eigenvalue weighted by atomic mass is 10.0. The average Bonchev–Trinajstić information content (AvgIpc) is 2.82. The maximum absolute atomic E-state index is 3.78. The summed E-state index contributed by atoms with van der Waals surface area (Å²) >= 11 is 0. The van der Waals surface area contributed by atoms with Gasteiger partial charge in [-0.05, 0) is 37.6 Å². The molecule has 0 aromatic carbocycles. The molecule has 0 atom stereocenters. The summed E-state index contributed by atoms with van der Waals surface area (Å²) in [5, 5.41) is 3.61. The minimum absolute atomic E-state index is 0.677. The second kappa shape index (κ2) is 5.87. The van der Waals surface area contributed by atoms with E-state index in [1.807, 2.05) is 12.3 Å². The van der Waals surface area contributed by atoms with Crippen LogP contribution in [0.3, 0.4) is 0 Å². The molecule has 0 bridgehead atoms. The molecule has 1 aliphatic heterocycles. The Bertz CT molecular complexity index is 297. The molecule has 0 aliphatic carbocycles. The molecule has 1 fully saturated rings. The summed E-state index contributed by atoms with van der Waals surface area (Å²) in [6.07, 6.45) is 8.52. The first-order valence-corrected chi connectivity index (χ1v) is 6.07. The molecule has 1 aliphatic rings. The topological polar surface area (TPSA) is 31.1 Å². The van der Waals surface area contributed by atoms with Gasteiger partial charge in [0.2, 0.25) is 0 Å². The van der Waals surface area contributed by atoms with Crippen molar-refractivity contribution >= 4 is 0 Å². The summed E-state index contributed by atoms with van der Waals surface area (Å²) in [7, 11) is 0. The molecule has 3 nitrogen and oxygen atoms in total. The predicted molar refractivity (Wildman–Crippen MR) is 67.3 cm³/mol. The van der Waals surface area contributed by atoms with Crippen LogP contribution in [-0.4, -0.2) is 35.6 Å². The maximum Gasteiger partial charge on any atom is 0.0223 e. The van der Waals surface area contributed by atoms with Gasteiger partial charge in [0.15, 0.2) is 0 Å². The van der Waals surface area contributed by atoms with Crippen LogP contribution in [0.4, 0.5) is 0 Å². The van der Waals surface area contributed by atoms with Gasteiger partial charge in [-0.3, -0.25) is 4.90 Å². The van der Waals surface area contributed by atoms with Crippen LogP contribution in [-0.2, 0) is 6.54 Å². The fraction of sp³-hybridized carbons (Fsp3) is 0.538. The second-order valence-electron chi connectivity index (χ2n) is 4.46. The number of aromatic amines is 1. The largest absolute Gasteiger partial charge is 0.367 e. The van der Waals surface area contributed by atoms with Crippen molar-refractivity contribution in [3.05, 3.63) is 36.7 Å². The van der Waals surface area contributed by atoms with Crippen LogP contribution >= 0.6 is 0 Å². The highest BCUT2D eigenvalue weighted by Crippen LogP contribution is 2.10. The number of rotatable bonds is 5. The number of hydrogen-bond acceptors (Lipinski definition) is 2. The molecule has 0 amide bonds. The molecule has 1 aromatic heterocycles. The maximum atomic E-state index is 3.78. The molecule has 3 heteroatoms. The lowest BCUT2D eigenvalue weighted by molar-refractivity contribution is 0.214. The molecule has 2 rings (SSSR count). The van der Waals surface area contributed by atoms with Crippen LogP contribution in [0.2, 0.25) is 0 Å². The van der Waals surface area contributed by atoms with E-state index in [0.717, 1.165) is 13.1 Å². The Morgan fingerprint density at radius 1 is 1.50 bits per heavy atom. The highest BCUT2D eigenvalue weighted by Gasteiger charge is 2.17. The quantitative estimate of drug-likeness (QED) is 0.739. The number of nitrogens with one attached hydrogen (secondary N) is 2. The molecule has 0 unspecified atom stereocenters. The van der Waals surface area contributed by atoms with Crippen LogP contribution in [0.15, 0.2) is 31.1 Å². The fourth-order valence-electron chi connectivity index (χ4n) is 2.23. The third kappa shape index (κ3) is 3.22. The van der Waals surface area contributed by atoms with E-state index in [9.17, 15) is 0 Å². The Kier molecular flexibility index (Phi) is 4.19. The van der Waals surface area contributed by atoms with E-state index in [4.69, 9.17) is 0 Å². The normalized spacial score (nSPS) is 18.8. The van der Waals surface area contributed by atoms with Gasteiger partial charge in [0, 0.05) is 31.5 Å². The summed E-state index contributed by atoms with van der Waals surface area (Å²) in [6.45, 7) is 8.18. The van der Waals surface area contributed by atoms with E-state index >= 15 is 0 Å². The Morgan fingerprint density at radius 3 is 2.94 bits per heavy atom. The van der Waals surface area contributed by atoms with Crippen molar-refractivity contribution in [1.82, 2.24) is 15.2 Å². The van der Waals surface area contributed by atoms with Crippen LogP contribution in [0.5, 0.6) is 0 Å². The van der Waals surface area contributed by atoms with Crippen molar-refractivity contribution in [2.45, 2.75) is 25.4 Å². The zero-order valence-corrected chi connectivity index (χ0v) is 9.78. The van der Waals surface area contributed by atoms with Crippen LogP contribution < -0.4 is 5.32 Å². The first kappa shape index (κ1) is 11.4. The molecule has 1 aromatic rings. The van der Waals surface area contributed by atoms with Gasteiger partial charge >= 0.3 is 0 Å². The SMILES string of the molecule is C=CCN1CCC(NCc2cc[nH]c2)CC1. The Hall–Kier alpha value is -1.06. The van der Waals surface area contributed by atoms with Crippen molar-refractivity contribution in [1.29, 1.82) is 0 Å². The molecule has 0 spiro atoms. The van der Waals surface area contributed by atoms with Crippen molar-refractivity contribution in [3.63, 3.8) is 0 Å². The number of aromatic nitrogens is 1. The lowest BCUT2D eigenvalue weighted by Crippen LogP contribution is -2.42. The first-order chi connectivity index (χ1) is 7.88. The summed E-state index contributed by atoms with van der Waals surface area (Å²) in [6, 6.07) is 2.80. The number of likely N-dealkylation sites (tertiary alicyclic amines) is 1. The molecule has 0 saturated carbocycles. The number of piperidine rings is 1. The number of nitrogens with zero attached hydrogens (tertiary/aromatic N) is 1. The van der Waals surface area contributed by atoms with E-state index in [2.05, 4.69) is 34.0 Å². The third-order valence-corrected chi connectivity index (χ3v) is 3.23. The van der Waals surface area contributed by atoms with E-state index in [-0.39, 0.29) is 0 Å². The minimum Gasteiger partial charge on any atom is -0.367 e. The van der Waals surface area contributed by atoms with E-state index < -0.39 is 0 Å². The van der Waals surface area contributed by atoms with E-state index in [1.54, 1.807) is 0 Å². The van der Waals surface area contributed by atoms with Crippen molar-refractivity contribution < 1.29 is 0 Å². The van der Waals surface area contributed by atoms with Crippen LogP contribution in [0.25, 0.3) is 0 Å². The van der Waals surface area contributed by atoms with Gasteiger partial charge in [-0.25, -0.2) is 0 Å². The second-order valence-corrected chi connectivity index (χ2v) is 4.46.